The van der Waals surface area contributed by atoms with Gasteiger partial charge in [-0.2, -0.15) is 5.26 Å². The smallest absolute Gasteiger partial charge is 0.276 e. The number of hydrogen-bond acceptors (Lipinski definition) is 5. The van der Waals surface area contributed by atoms with E-state index in [0.29, 0.717) is 11.3 Å². The molecular weight excluding hydrogens is 234 g/mol. The molecule has 1 aromatic carbocycles. The summed E-state index contributed by atoms with van der Waals surface area (Å²) in [7, 11) is 1.66. The van der Waals surface area contributed by atoms with Gasteiger partial charge in [0.25, 0.3) is 5.69 Å². The second-order valence-electron chi connectivity index (χ2n) is 4.14. The lowest BCUT2D eigenvalue weighted by atomic mass is 10.1. The quantitative estimate of drug-likeness (QED) is 0.634. The van der Waals surface area contributed by atoms with Gasteiger partial charge in [-0.3, -0.25) is 15.4 Å². The number of nitrogens with zero attached hydrogens (tertiary/aromatic N) is 2. The number of benzene rings is 1. The molecule has 1 atom stereocenters. The molecular formula is C12H15N3O3. The highest BCUT2D eigenvalue weighted by Gasteiger charge is 2.23. The van der Waals surface area contributed by atoms with Crippen molar-refractivity contribution < 1.29 is 9.66 Å². The Bertz CT molecular complexity index is 496. The Morgan fingerprint density at radius 2 is 2.28 bits per heavy atom. The van der Waals surface area contributed by atoms with Crippen molar-refractivity contribution in [3.8, 4) is 11.8 Å². The summed E-state index contributed by atoms with van der Waals surface area (Å²) in [5, 5.41) is 22.6. The van der Waals surface area contributed by atoms with Gasteiger partial charge in [-0.1, -0.05) is 6.07 Å². The summed E-state index contributed by atoms with van der Waals surface area (Å²) in [6, 6.07) is 6.71. The van der Waals surface area contributed by atoms with Crippen molar-refractivity contribution >= 4 is 5.69 Å². The van der Waals surface area contributed by atoms with Crippen LogP contribution in [-0.4, -0.2) is 24.1 Å². The lowest BCUT2D eigenvalue weighted by Gasteiger charge is -2.21. The van der Waals surface area contributed by atoms with E-state index in [4.69, 9.17) is 10.00 Å². The second-order valence-corrected chi connectivity index (χ2v) is 4.14. The molecule has 0 aliphatic heterocycles. The van der Waals surface area contributed by atoms with Crippen LogP contribution in [0, 0.1) is 28.4 Å². The van der Waals surface area contributed by atoms with Gasteiger partial charge < -0.3 is 4.74 Å². The van der Waals surface area contributed by atoms with Crippen LogP contribution in [0.5, 0.6) is 5.75 Å². The summed E-state index contributed by atoms with van der Waals surface area (Å²) in [6.07, 6.45) is 0. The molecule has 1 N–H and O–H groups in total. The summed E-state index contributed by atoms with van der Waals surface area (Å²) in [5.74, 6) is 0.418. The average Bonchev–Trinajstić information content (AvgIpc) is 2.37. The predicted molar refractivity (Wildman–Crippen MR) is 66.4 cm³/mol. The fourth-order valence-electron chi connectivity index (χ4n) is 1.34. The zero-order valence-corrected chi connectivity index (χ0v) is 10.6. The van der Waals surface area contributed by atoms with E-state index < -0.39 is 10.5 Å². The van der Waals surface area contributed by atoms with Crippen molar-refractivity contribution in [2.75, 3.05) is 13.7 Å². The van der Waals surface area contributed by atoms with Gasteiger partial charge in [0.2, 0.25) is 0 Å². The normalized spacial score (nSPS) is 13.4. The van der Waals surface area contributed by atoms with E-state index in [-0.39, 0.29) is 12.3 Å². The van der Waals surface area contributed by atoms with Crippen molar-refractivity contribution in [3.63, 3.8) is 0 Å². The van der Waals surface area contributed by atoms with Crippen LogP contribution < -0.4 is 10.1 Å². The largest absolute Gasteiger partial charge is 0.490 e. The molecule has 0 heterocycles. The molecule has 0 fully saturated rings. The lowest BCUT2D eigenvalue weighted by molar-refractivity contribution is -0.385. The van der Waals surface area contributed by atoms with E-state index in [9.17, 15) is 10.1 Å². The standard InChI is InChI=1S/C12H15N3O3/c1-9-10(15(16)17)5-4-6-11(9)18-8-12(2,7-13)14-3/h4-6,14H,8H2,1-3H3. The molecule has 0 radical (unpaired) electrons. The zero-order valence-electron chi connectivity index (χ0n) is 10.6. The Kier molecular flexibility index (Phi) is 4.23. The van der Waals surface area contributed by atoms with Crippen molar-refractivity contribution in [2.45, 2.75) is 19.4 Å². The average molecular weight is 249 g/mol. The van der Waals surface area contributed by atoms with Gasteiger partial charge in [-0.05, 0) is 27.0 Å². The first kappa shape index (κ1) is 13.9. The number of likely N-dealkylation sites (N-methyl/N-ethyl adjacent to an activating group) is 1. The fraction of sp³-hybridized carbons (Fsp3) is 0.417. The Balaban J connectivity index is 2.90. The molecule has 0 aromatic heterocycles. The summed E-state index contributed by atoms with van der Waals surface area (Å²) >= 11 is 0. The van der Waals surface area contributed by atoms with Crippen LogP contribution in [0.3, 0.4) is 0 Å². The van der Waals surface area contributed by atoms with Gasteiger partial charge >= 0.3 is 0 Å². The first-order chi connectivity index (χ1) is 8.43. The monoisotopic (exact) mass is 249 g/mol. The first-order valence-corrected chi connectivity index (χ1v) is 5.40. The van der Waals surface area contributed by atoms with Gasteiger partial charge in [0, 0.05) is 6.07 Å². The minimum atomic E-state index is -0.822. The zero-order chi connectivity index (χ0) is 13.8. The summed E-state index contributed by atoms with van der Waals surface area (Å²) in [6.45, 7) is 3.43. The topological polar surface area (TPSA) is 88.2 Å². The molecule has 6 heteroatoms. The highest BCUT2D eigenvalue weighted by Crippen LogP contribution is 2.27. The molecule has 0 saturated carbocycles. The highest BCUT2D eigenvalue weighted by molar-refractivity contribution is 5.48. The maximum Gasteiger partial charge on any atom is 0.276 e. The summed E-state index contributed by atoms with van der Waals surface area (Å²) < 4.78 is 5.49. The maximum atomic E-state index is 10.8. The second kappa shape index (κ2) is 5.47. The molecule has 1 unspecified atom stereocenters. The number of nitriles is 1. The number of rotatable bonds is 5. The van der Waals surface area contributed by atoms with Crippen molar-refractivity contribution in [1.29, 1.82) is 5.26 Å². The molecule has 0 spiro atoms. The fourth-order valence-corrected chi connectivity index (χ4v) is 1.34. The van der Waals surface area contributed by atoms with E-state index in [1.54, 1.807) is 33.0 Å². The third-order valence-electron chi connectivity index (χ3n) is 2.77. The Morgan fingerprint density at radius 3 is 2.78 bits per heavy atom. The number of nitro benzene ring substituents is 1. The number of nitro groups is 1. The molecule has 0 bridgehead atoms. The van der Waals surface area contributed by atoms with Crippen LogP contribution in [-0.2, 0) is 0 Å². The van der Waals surface area contributed by atoms with E-state index in [1.165, 1.54) is 6.07 Å². The SMILES string of the molecule is CNC(C)(C#N)COc1cccc([N+](=O)[O-])c1C. The van der Waals surface area contributed by atoms with Gasteiger partial charge in [-0.25, -0.2) is 0 Å². The molecule has 1 rings (SSSR count). The Morgan fingerprint density at radius 1 is 1.61 bits per heavy atom. The minimum absolute atomic E-state index is 0.00983. The molecule has 96 valence electrons. The van der Waals surface area contributed by atoms with Crippen molar-refractivity contribution in [1.82, 2.24) is 5.32 Å². The van der Waals surface area contributed by atoms with Gasteiger partial charge in [0.1, 0.15) is 17.9 Å². The van der Waals surface area contributed by atoms with E-state index in [0.717, 1.165) is 0 Å². The van der Waals surface area contributed by atoms with Crippen LogP contribution in [0.15, 0.2) is 18.2 Å². The van der Waals surface area contributed by atoms with E-state index in [1.807, 2.05) is 0 Å². The molecule has 1 aromatic rings. The van der Waals surface area contributed by atoms with Crippen LogP contribution in [0.25, 0.3) is 0 Å². The first-order valence-electron chi connectivity index (χ1n) is 5.40. The van der Waals surface area contributed by atoms with Crippen LogP contribution >= 0.6 is 0 Å². The number of ether oxygens (including phenoxy) is 1. The molecule has 0 aliphatic carbocycles. The molecule has 0 amide bonds. The third kappa shape index (κ3) is 2.96. The number of nitrogens with one attached hydrogen (secondary N) is 1. The van der Waals surface area contributed by atoms with E-state index in [2.05, 4.69) is 11.4 Å². The Hall–Kier alpha value is -2.13. The Labute approximate surface area is 105 Å². The molecule has 18 heavy (non-hydrogen) atoms. The highest BCUT2D eigenvalue weighted by atomic mass is 16.6. The third-order valence-corrected chi connectivity index (χ3v) is 2.77. The summed E-state index contributed by atoms with van der Waals surface area (Å²) in [5.41, 5.74) is -0.355. The molecule has 0 aliphatic rings. The van der Waals surface area contributed by atoms with Gasteiger partial charge in [0.15, 0.2) is 0 Å². The van der Waals surface area contributed by atoms with E-state index >= 15 is 0 Å². The van der Waals surface area contributed by atoms with Gasteiger partial charge in [-0.15, -0.1) is 0 Å². The summed E-state index contributed by atoms with van der Waals surface area (Å²) in [4.78, 5) is 10.3. The lowest BCUT2D eigenvalue weighted by Crippen LogP contribution is -2.43. The van der Waals surface area contributed by atoms with Gasteiger partial charge in [0.05, 0.1) is 16.6 Å². The van der Waals surface area contributed by atoms with Crippen LogP contribution in [0.1, 0.15) is 12.5 Å². The maximum absolute atomic E-state index is 10.8. The minimum Gasteiger partial charge on any atom is -0.490 e. The van der Waals surface area contributed by atoms with Crippen molar-refractivity contribution in [3.05, 3.63) is 33.9 Å². The predicted octanol–water partition coefficient (Wildman–Crippen LogP) is 1.78. The molecule has 0 saturated heterocycles. The molecule has 6 nitrogen and oxygen atoms in total. The number of hydrogen-bond donors (Lipinski definition) is 1. The van der Waals surface area contributed by atoms with Crippen molar-refractivity contribution in [2.24, 2.45) is 0 Å². The van der Waals surface area contributed by atoms with Crippen LogP contribution in [0.4, 0.5) is 5.69 Å². The van der Waals surface area contributed by atoms with Crippen LogP contribution in [0.2, 0.25) is 0 Å².